The van der Waals surface area contributed by atoms with Crippen molar-refractivity contribution in [3.8, 4) is 11.1 Å². The molecule has 162 valence electrons. The van der Waals surface area contributed by atoms with E-state index in [0.717, 1.165) is 42.6 Å². The van der Waals surface area contributed by atoms with Gasteiger partial charge < -0.3 is 5.11 Å². The van der Waals surface area contributed by atoms with Gasteiger partial charge in [0.05, 0.1) is 18.2 Å². The summed E-state index contributed by atoms with van der Waals surface area (Å²) in [5, 5.41) is 14.2. The van der Waals surface area contributed by atoms with Crippen LogP contribution < -0.4 is 5.69 Å². The molecule has 4 rings (SSSR count). The Hall–Kier alpha value is -3.15. The lowest BCUT2D eigenvalue weighted by atomic mass is 9.96. The number of carboxylic acids is 1. The van der Waals surface area contributed by atoms with Crippen LogP contribution in [0.15, 0.2) is 53.3 Å². The molecule has 1 aliphatic rings. The minimum absolute atomic E-state index is 0.0316. The number of rotatable bonds is 6. The van der Waals surface area contributed by atoms with Gasteiger partial charge in [-0.05, 0) is 35.6 Å². The largest absolute Gasteiger partial charge is 0.478 e. The topological polar surface area (TPSA) is 77.1 Å². The molecule has 0 saturated heterocycles. The Morgan fingerprint density at radius 3 is 2.39 bits per heavy atom. The van der Waals surface area contributed by atoms with Gasteiger partial charge in [-0.1, -0.05) is 75.6 Å². The third-order valence-corrected chi connectivity index (χ3v) is 6.11. The molecule has 1 saturated carbocycles. The van der Waals surface area contributed by atoms with Crippen molar-refractivity contribution in [2.24, 2.45) is 0 Å². The van der Waals surface area contributed by atoms with E-state index in [4.69, 9.17) is 5.10 Å². The van der Waals surface area contributed by atoms with Gasteiger partial charge in [0.2, 0.25) is 0 Å². The minimum Gasteiger partial charge on any atom is -0.478 e. The first-order valence-corrected chi connectivity index (χ1v) is 11.1. The molecule has 0 bridgehead atoms. The Morgan fingerprint density at radius 2 is 1.74 bits per heavy atom. The summed E-state index contributed by atoms with van der Waals surface area (Å²) in [6.45, 7) is 4.59. The monoisotopic (exact) mass is 419 g/mol. The molecule has 6 nitrogen and oxygen atoms in total. The predicted molar refractivity (Wildman–Crippen MR) is 121 cm³/mol. The molecule has 0 aliphatic heterocycles. The molecule has 0 radical (unpaired) electrons. The number of aromatic nitrogens is 3. The second-order valence-corrected chi connectivity index (χ2v) is 8.67. The van der Waals surface area contributed by atoms with Crippen LogP contribution in [0.4, 0.5) is 0 Å². The molecule has 1 heterocycles. The first kappa shape index (κ1) is 21.1. The average Bonchev–Trinajstić information content (AvgIpc) is 3.11. The van der Waals surface area contributed by atoms with Gasteiger partial charge in [-0.2, -0.15) is 5.10 Å². The van der Waals surface area contributed by atoms with E-state index >= 15 is 0 Å². The van der Waals surface area contributed by atoms with Crippen molar-refractivity contribution in [3.05, 3.63) is 76.0 Å². The van der Waals surface area contributed by atoms with Crippen LogP contribution in [0.25, 0.3) is 11.1 Å². The van der Waals surface area contributed by atoms with Crippen LogP contribution in [-0.4, -0.2) is 25.4 Å². The smallest absolute Gasteiger partial charge is 0.346 e. The molecule has 1 fully saturated rings. The standard InChI is InChI=1S/C25H29N3O3/c1-17(2)23-26-28(20-8-4-3-5-9-20)25(31)27(23)16-18-12-14-19(15-13-18)21-10-6-7-11-22(21)24(29)30/h6-7,10-15,17,20H,3-5,8-9,16H2,1-2H3,(H,29,30). The van der Waals surface area contributed by atoms with Gasteiger partial charge in [-0.3, -0.25) is 4.57 Å². The molecule has 1 N–H and O–H groups in total. The van der Waals surface area contributed by atoms with E-state index in [9.17, 15) is 14.7 Å². The number of carboxylic acid groups (broad SMARTS) is 1. The fourth-order valence-electron chi connectivity index (χ4n) is 4.46. The van der Waals surface area contributed by atoms with E-state index in [1.54, 1.807) is 21.4 Å². The van der Waals surface area contributed by atoms with Crippen molar-refractivity contribution < 1.29 is 9.90 Å². The number of hydrogen-bond donors (Lipinski definition) is 1. The van der Waals surface area contributed by atoms with Gasteiger partial charge in [-0.25, -0.2) is 14.3 Å². The number of nitrogens with zero attached hydrogens (tertiary/aromatic N) is 3. The van der Waals surface area contributed by atoms with E-state index in [2.05, 4.69) is 13.8 Å². The van der Waals surface area contributed by atoms with Crippen molar-refractivity contribution in [1.29, 1.82) is 0 Å². The first-order valence-electron chi connectivity index (χ1n) is 11.1. The van der Waals surface area contributed by atoms with Gasteiger partial charge in [0.25, 0.3) is 0 Å². The molecular weight excluding hydrogens is 390 g/mol. The predicted octanol–water partition coefficient (Wildman–Crippen LogP) is 5.09. The van der Waals surface area contributed by atoms with E-state index in [0.29, 0.717) is 12.1 Å². The second kappa shape index (κ2) is 8.92. The molecule has 1 aromatic heterocycles. The highest BCUT2D eigenvalue weighted by molar-refractivity contribution is 5.95. The van der Waals surface area contributed by atoms with Crippen LogP contribution in [0, 0.1) is 0 Å². The quantitative estimate of drug-likeness (QED) is 0.604. The Morgan fingerprint density at radius 1 is 1.06 bits per heavy atom. The van der Waals surface area contributed by atoms with E-state index in [1.165, 1.54) is 6.42 Å². The van der Waals surface area contributed by atoms with Crippen molar-refractivity contribution >= 4 is 5.97 Å². The number of carbonyl (C=O) groups is 1. The summed E-state index contributed by atoms with van der Waals surface area (Å²) in [6, 6.07) is 15.0. The van der Waals surface area contributed by atoms with Gasteiger partial charge in [-0.15, -0.1) is 0 Å². The van der Waals surface area contributed by atoms with Crippen molar-refractivity contribution in [2.75, 3.05) is 0 Å². The molecule has 31 heavy (non-hydrogen) atoms. The third-order valence-electron chi connectivity index (χ3n) is 6.11. The van der Waals surface area contributed by atoms with E-state index < -0.39 is 5.97 Å². The average molecular weight is 420 g/mol. The first-order chi connectivity index (χ1) is 15.0. The normalized spacial score (nSPS) is 14.8. The SMILES string of the molecule is CC(C)c1nn(C2CCCCC2)c(=O)n1Cc1ccc(-c2ccccc2C(=O)O)cc1. The van der Waals surface area contributed by atoms with Gasteiger partial charge >= 0.3 is 11.7 Å². The van der Waals surface area contributed by atoms with E-state index in [1.807, 2.05) is 36.4 Å². The van der Waals surface area contributed by atoms with Crippen LogP contribution in [0.1, 0.15) is 79.7 Å². The van der Waals surface area contributed by atoms with Crippen molar-refractivity contribution in [1.82, 2.24) is 14.3 Å². The summed E-state index contributed by atoms with van der Waals surface area (Å²) in [6.07, 6.45) is 5.58. The lowest BCUT2D eigenvalue weighted by Crippen LogP contribution is -2.30. The highest BCUT2D eigenvalue weighted by Crippen LogP contribution is 2.28. The maximum absolute atomic E-state index is 13.2. The number of aromatic carboxylic acids is 1. The van der Waals surface area contributed by atoms with Crippen molar-refractivity contribution in [2.45, 2.75) is 64.5 Å². The number of hydrogen-bond acceptors (Lipinski definition) is 3. The molecule has 0 spiro atoms. The van der Waals surface area contributed by atoms with Crippen LogP contribution in [0.5, 0.6) is 0 Å². The molecule has 0 amide bonds. The highest BCUT2D eigenvalue weighted by Gasteiger charge is 2.23. The van der Waals surface area contributed by atoms with E-state index in [-0.39, 0.29) is 23.2 Å². The van der Waals surface area contributed by atoms with Crippen molar-refractivity contribution in [3.63, 3.8) is 0 Å². The zero-order chi connectivity index (χ0) is 22.0. The molecule has 1 aliphatic carbocycles. The molecule has 6 heteroatoms. The summed E-state index contributed by atoms with van der Waals surface area (Å²) in [5.41, 5.74) is 2.77. The Labute approximate surface area is 182 Å². The Balaban J connectivity index is 1.63. The van der Waals surface area contributed by atoms with Crippen LogP contribution in [0.3, 0.4) is 0 Å². The summed E-state index contributed by atoms with van der Waals surface area (Å²) >= 11 is 0. The summed E-state index contributed by atoms with van der Waals surface area (Å²) < 4.78 is 3.51. The maximum atomic E-state index is 13.2. The summed E-state index contributed by atoms with van der Waals surface area (Å²) in [7, 11) is 0. The van der Waals surface area contributed by atoms with Crippen LogP contribution in [-0.2, 0) is 6.54 Å². The zero-order valence-corrected chi connectivity index (χ0v) is 18.1. The maximum Gasteiger partial charge on any atom is 0.346 e. The Bertz CT molecular complexity index is 1120. The Kier molecular flexibility index (Phi) is 6.07. The molecule has 0 unspecified atom stereocenters. The summed E-state index contributed by atoms with van der Waals surface area (Å²) in [4.78, 5) is 24.7. The molecule has 0 atom stereocenters. The molecular formula is C25H29N3O3. The second-order valence-electron chi connectivity index (χ2n) is 8.67. The lowest BCUT2D eigenvalue weighted by Gasteiger charge is -2.20. The number of benzene rings is 2. The highest BCUT2D eigenvalue weighted by atomic mass is 16.4. The zero-order valence-electron chi connectivity index (χ0n) is 18.1. The van der Waals surface area contributed by atoms with Crippen LogP contribution >= 0.6 is 0 Å². The summed E-state index contributed by atoms with van der Waals surface area (Å²) in [5.74, 6) is 0.0260. The third kappa shape index (κ3) is 4.33. The lowest BCUT2D eigenvalue weighted by molar-refractivity contribution is 0.0697. The fourth-order valence-corrected chi connectivity index (χ4v) is 4.46. The molecule has 2 aromatic carbocycles. The van der Waals surface area contributed by atoms with Gasteiger partial charge in [0, 0.05) is 5.92 Å². The van der Waals surface area contributed by atoms with Gasteiger partial charge in [0.1, 0.15) is 5.82 Å². The molecule has 3 aromatic rings. The fraction of sp³-hybridized carbons (Fsp3) is 0.400. The minimum atomic E-state index is -0.942. The van der Waals surface area contributed by atoms with Gasteiger partial charge in [0.15, 0.2) is 0 Å². The van der Waals surface area contributed by atoms with Crippen LogP contribution in [0.2, 0.25) is 0 Å².